The van der Waals surface area contributed by atoms with Gasteiger partial charge in [-0.25, -0.2) is 9.79 Å². The highest BCUT2D eigenvalue weighted by atomic mass is 127. The van der Waals surface area contributed by atoms with Gasteiger partial charge in [0.25, 0.3) is 5.56 Å². The number of thiazole rings is 1. The van der Waals surface area contributed by atoms with Crippen molar-refractivity contribution >= 4 is 46.0 Å². The maximum Gasteiger partial charge on any atom is 0.338 e. The van der Waals surface area contributed by atoms with Crippen LogP contribution in [0.3, 0.4) is 0 Å². The second kappa shape index (κ2) is 12.0. The molecule has 0 fully saturated rings. The van der Waals surface area contributed by atoms with E-state index in [-0.39, 0.29) is 17.9 Å². The van der Waals surface area contributed by atoms with Crippen LogP contribution >= 0.6 is 33.9 Å². The topological polar surface area (TPSA) is 99.4 Å². The number of esters is 1. The quantitative estimate of drug-likeness (QED) is 0.214. The van der Waals surface area contributed by atoms with Gasteiger partial charge in [-0.15, -0.1) is 0 Å². The second-order valence-electron chi connectivity index (χ2n) is 8.25. The molecule has 1 atom stereocenters. The van der Waals surface area contributed by atoms with Gasteiger partial charge in [0.2, 0.25) is 0 Å². The van der Waals surface area contributed by atoms with Crippen LogP contribution in [-0.4, -0.2) is 35.5 Å². The van der Waals surface area contributed by atoms with E-state index in [4.69, 9.17) is 14.2 Å². The van der Waals surface area contributed by atoms with Crippen molar-refractivity contribution in [3.8, 4) is 17.2 Å². The van der Waals surface area contributed by atoms with Crippen LogP contribution < -0.4 is 24.4 Å². The van der Waals surface area contributed by atoms with Crippen molar-refractivity contribution in [1.29, 1.82) is 0 Å². The predicted molar refractivity (Wildman–Crippen MR) is 155 cm³/mol. The van der Waals surface area contributed by atoms with E-state index < -0.39 is 12.0 Å². The van der Waals surface area contributed by atoms with Gasteiger partial charge in [-0.05, 0) is 84.8 Å². The molecule has 1 aliphatic rings. The van der Waals surface area contributed by atoms with E-state index in [1.165, 1.54) is 15.9 Å². The number of aromatic nitrogens is 1. The van der Waals surface area contributed by atoms with Gasteiger partial charge in [-0.3, -0.25) is 9.36 Å². The number of carbonyl (C=O) groups is 1. The Kier molecular flexibility index (Phi) is 8.72. The fraction of sp³-hybridized carbons (Fsp3) is 0.250. The summed E-state index contributed by atoms with van der Waals surface area (Å²) in [5, 5.41) is 10.3. The molecule has 3 aromatic rings. The van der Waals surface area contributed by atoms with Gasteiger partial charge in [0.1, 0.15) is 12.4 Å². The van der Waals surface area contributed by atoms with Crippen molar-refractivity contribution in [2.45, 2.75) is 26.8 Å². The van der Waals surface area contributed by atoms with Crippen LogP contribution in [0, 0.1) is 3.57 Å². The minimum atomic E-state index is -0.722. The van der Waals surface area contributed by atoms with Gasteiger partial charge in [0.05, 0.1) is 38.6 Å². The third-order valence-electron chi connectivity index (χ3n) is 5.73. The number of nitrogens with zero attached hydrogens (tertiary/aromatic N) is 2. The monoisotopic (exact) mass is 646 g/mol. The van der Waals surface area contributed by atoms with Crippen molar-refractivity contribution in [2.24, 2.45) is 4.99 Å². The van der Waals surface area contributed by atoms with E-state index in [0.717, 1.165) is 5.56 Å². The number of carbonyl (C=O) groups excluding carboxylic acids is 1. The lowest BCUT2D eigenvalue weighted by molar-refractivity contribution is -0.139. The van der Waals surface area contributed by atoms with Crippen LogP contribution in [0.2, 0.25) is 0 Å². The summed E-state index contributed by atoms with van der Waals surface area (Å²) in [6, 6.07) is 9.98. The number of phenolic OH excluding ortho intramolecular Hbond substituents is 1. The highest BCUT2D eigenvalue weighted by Crippen LogP contribution is 2.34. The van der Waals surface area contributed by atoms with E-state index in [1.807, 2.05) is 41.6 Å². The molecule has 8 nitrogen and oxygen atoms in total. The molecule has 0 radical (unpaired) electrons. The molecule has 10 heteroatoms. The fourth-order valence-electron chi connectivity index (χ4n) is 4.10. The second-order valence-corrected chi connectivity index (χ2v) is 10.4. The molecule has 0 unspecified atom stereocenters. The first-order chi connectivity index (χ1) is 18.3. The summed E-state index contributed by atoms with van der Waals surface area (Å²) < 4.78 is 19.1. The first kappa shape index (κ1) is 27.6. The number of hydrogen-bond acceptors (Lipinski definition) is 8. The Balaban J connectivity index is 1.89. The molecule has 0 bridgehead atoms. The number of phenols is 1. The number of hydrogen-bond donors (Lipinski definition) is 1. The van der Waals surface area contributed by atoms with E-state index in [0.29, 0.717) is 54.5 Å². The van der Waals surface area contributed by atoms with Crippen molar-refractivity contribution in [1.82, 2.24) is 4.57 Å². The predicted octanol–water partition coefficient (Wildman–Crippen LogP) is 4.07. The Morgan fingerprint density at radius 1 is 1.21 bits per heavy atom. The van der Waals surface area contributed by atoms with Gasteiger partial charge in [0.15, 0.2) is 16.3 Å². The van der Waals surface area contributed by atoms with Crippen LogP contribution in [-0.2, 0) is 9.53 Å². The van der Waals surface area contributed by atoms with Gasteiger partial charge in [-0.1, -0.05) is 36.1 Å². The lowest BCUT2D eigenvalue weighted by Gasteiger charge is -2.24. The summed E-state index contributed by atoms with van der Waals surface area (Å²) in [4.78, 5) is 31.9. The van der Waals surface area contributed by atoms with E-state index in [1.54, 1.807) is 50.3 Å². The molecule has 0 spiro atoms. The normalized spacial score (nSPS) is 15.1. The van der Waals surface area contributed by atoms with Crippen molar-refractivity contribution in [3.63, 3.8) is 0 Å². The average molecular weight is 647 g/mol. The molecule has 2 aromatic carbocycles. The SMILES string of the molecule is C=CCOc1ccc([C@H]2C(C(=O)OCC)=C(C)N=c3s/c(=C\c4cc(I)c(O)c(OCC)c4)c(=O)n32)cc1. The van der Waals surface area contributed by atoms with Crippen LogP contribution in [0.4, 0.5) is 0 Å². The molecule has 2 heterocycles. The van der Waals surface area contributed by atoms with E-state index in [2.05, 4.69) is 11.6 Å². The Bertz CT molecular complexity index is 1590. The number of fused-ring (bicyclic) bond motifs is 1. The molecule has 0 saturated carbocycles. The Morgan fingerprint density at radius 2 is 1.95 bits per heavy atom. The van der Waals surface area contributed by atoms with Crippen molar-refractivity contribution < 1.29 is 24.1 Å². The zero-order valence-corrected chi connectivity index (χ0v) is 24.2. The first-order valence-corrected chi connectivity index (χ1v) is 13.9. The molecule has 1 aromatic heterocycles. The molecule has 4 rings (SSSR count). The lowest BCUT2D eigenvalue weighted by atomic mass is 9.96. The van der Waals surface area contributed by atoms with Crippen LogP contribution in [0.1, 0.15) is 37.9 Å². The molecular weight excluding hydrogens is 619 g/mol. The first-order valence-electron chi connectivity index (χ1n) is 12.0. The summed E-state index contributed by atoms with van der Waals surface area (Å²) >= 11 is 3.25. The summed E-state index contributed by atoms with van der Waals surface area (Å²) in [5.74, 6) is 0.526. The number of rotatable bonds is 9. The Labute approximate surface area is 237 Å². The number of ether oxygens (including phenoxy) is 3. The minimum Gasteiger partial charge on any atom is -0.504 e. The molecule has 198 valence electrons. The Morgan fingerprint density at radius 3 is 2.61 bits per heavy atom. The minimum absolute atomic E-state index is 0.0567. The average Bonchev–Trinajstić information content (AvgIpc) is 3.19. The smallest absolute Gasteiger partial charge is 0.338 e. The zero-order valence-electron chi connectivity index (χ0n) is 21.2. The molecule has 1 N–H and O–H groups in total. The number of halogens is 1. The number of allylic oxidation sites excluding steroid dienone is 1. The molecular formula is C28H27IN2O6S. The van der Waals surface area contributed by atoms with Gasteiger partial charge < -0.3 is 19.3 Å². The fourth-order valence-corrected chi connectivity index (χ4v) is 5.77. The highest BCUT2D eigenvalue weighted by molar-refractivity contribution is 14.1. The van der Waals surface area contributed by atoms with Crippen LogP contribution in [0.15, 0.2) is 70.1 Å². The van der Waals surface area contributed by atoms with Gasteiger partial charge in [0, 0.05) is 0 Å². The maximum atomic E-state index is 13.8. The van der Waals surface area contributed by atoms with Crippen LogP contribution in [0.5, 0.6) is 17.2 Å². The Hall–Kier alpha value is -3.38. The summed E-state index contributed by atoms with van der Waals surface area (Å²) in [6.07, 6.45) is 3.39. The molecule has 38 heavy (non-hydrogen) atoms. The molecule has 0 amide bonds. The van der Waals surface area contributed by atoms with Crippen molar-refractivity contribution in [2.75, 3.05) is 19.8 Å². The van der Waals surface area contributed by atoms with Crippen LogP contribution in [0.25, 0.3) is 6.08 Å². The third-order valence-corrected chi connectivity index (χ3v) is 7.53. The summed E-state index contributed by atoms with van der Waals surface area (Å²) in [7, 11) is 0. The van der Waals surface area contributed by atoms with Gasteiger partial charge in [-0.2, -0.15) is 0 Å². The summed E-state index contributed by atoms with van der Waals surface area (Å²) in [5.41, 5.74) is 1.93. The largest absolute Gasteiger partial charge is 0.504 e. The summed E-state index contributed by atoms with van der Waals surface area (Å²) in [6.45, 7) is 9.92. The molecule has 0 aliphatic carbocycles. The van der Waals surface area contributed by atoms with E-state index in [9.17, 15) is 14.7 Å². The third kappa shape index (κ3) is 5.56. The maximum absolute atomic E-state index is 13.8. The molecule has 0 saturated heterocycles. The zero-order chi connectivity index (χ0) is 27.4. The highest BCUT2D eigenvalue weighted by Gasteiger charge is 2.33. The van der Waals surface area contributed by atoms with Crippen molar-refractivity contribution in [3.05, 3.63) is 94.7 Å². The lowest BCUT2D eigenvalue weighted by Crippen LogP contribution is -2.39. The number of benzene rings is 2. The standard InChI is InChI=1S/C28H27IN2O6S/c1-5-12-37-19-10-8-18(9-11-19)24-23(27(34)36-7-3)16(4)30-28-31(24)26(33)22(38-28)15-17-13-20(29)25(32)21(14-17)35-6-2/h5,8-11,13-15,24,32H,1,6-7,12H2,2-4H3/b22-15-/t24-/m0/s1. The molecule has 1 aliphatic heterocycles. The number of aromatic hydroxyl groups is 1. The van der Waals surface area contributed by atoms with Gasteiger partial charge >= 0.3 is 5.97 Å². The van der Waals surface area contributed by atoms with E-state index >= 15 is 0 Å².